The number of rotatable bonds is 3. The zero-order valence-electron chi connectivity index (χ0n) is 12.7. The van der Waals surface area contributed by atoms with Gasteiger partial charge in [0.1, 0.15) is 5.69 Å². The Hall–Kier alpha value is -1.69. The molecule has 5 nitrogen and oxygen atoms in total. The predicted molar refractivity (Wildman–Crippen MR) is 85.2 cm³/mol. The Kier molecular flexibility index (Phi) is 3.48. The minimum absolute atomic E-state index is 0.0803. The van der Waals surface area contributed by atoms with Gasteiger partial charge in [-0.2, -0.15) is 5.10 Å². The molecule has 0 N–H and O–H groups in total. The van der Waals surface area contributed by atoms with Crippen LogP contribution in [0.2, 0.25) is 0 Å². The van der Waals surface area contributed by atoms with E-state index < -0.39 is 0 Å². The van der Waals surface area contributed by atoms with Gasteiger partial charge in [-0.3, -0.25) is 9.48 Å². The molecule has 0 unspecified atom stereocenters. The van der Waals surface area contributed by atoms with Crippen LogP contribution in [0.1, 0.15) is 58.7 Å². The van der Waals surface area contributed by atoms with E-state index in [0.29, 0.717) is 11.6 Å². The van der Waals surface area contributed by atoms with Crippen LogP contribution in [-0.2, 0) is 0 Å². The van der Waals surface area contributed by atoms with Gasteiger partial charge in [0, 0.05) is 30.6 Å². The Morgan fingerprint density at radius 1 is 1.36 bits per heavy atom. The quantitative estimate of drug-likeness (QED) is 0.874. The number of carbonyl (C=O) groups is 1. The Balaban J connectivity index is 1.47. The maximum atomic E-state index is 12.7. The number of thiazole rings is 1. The van der Waals surface area contributed by atoms with Gasteiger partial charge in [-0.15, -0.1) is 11.3 Å². The maximum absolute atomic E-state index is 12.7. The van der Waals surface area contributed by atoms with Crippen molar-refractivity contribution in [3.63, 3.8) is 0 Å². The minimum atomic E-state index is 0.0803. The third-order valence-electron chi connectivity index (χ3n) is 4.46. The number of nitrogens with zero attached hydrogens (tertiary/aromatic N) is 4. The van der Waals surface area contributed by atoms with Crippen LogP contribution in [0.4, 0.5) is 0 Å². The first-order valence-corrected chi connectivity index (χ1v) is 8.84. The van der Waals surface area contributed by atoms with E-state index in [2.05, 4.69) is 16.3 Å². The standard InChI is InChI=1S/C16H20N4OS/c1-11-7-17-20(8-11)13-3-2-6-19(9-13)16(21)14-10-22-15(18-14)12-4-5-12/h7-8,10,12-13H,2-6,9H2,1H3/t13-/m1/s1. The summed E-state index contributed by atoms with van der Waals surface area (Å²) in [5.74, 6) is 0.699. The van der Waals surface area contributed by atoms with Gasteiger partial charge in [0.05, 0.1) is 17.2 Å². The molecule has 2 fully saturated rings. The summed E-state index contributed by atoms with van der Waals surface area (Å²) in [7, 11) is 0. The third-order valence-corrected chi connectivity index (χ3v) is 5.46. The van der Waals surface area contributed by atoms with Crippen LogP contribution in [0.25, 0.3) is 0 Å². The highest BCUT2D eigenvalue weighted by Crippen LogP contribution is 2.41. The van der Waals surface area contributed by atoms with Crippen molar-refractivity contribution in [2.75, 3.05) is 13.1 Å². The van der Waals surface area contributed by atoms with Gasteiger partial charge in [-0.25, -0.2) is 4.98 Å². The lowest BCUT2D eigenvalue weighted by Gasteiger charge is -2.32. The second-order valence-corrected chi connectivity index (χ2v) is 7.28. The molecule has 1 amide bonds. The Morgan fingerprint density at radius 2 is 2.23 bits per heavy atom. The van der Waals surface area contributed by atoms with Crippen LogP contribution in [0, 0.1) is 6.92 Å². The highest BCUT2D eigenvalue weighted by Gasteiger charge is 2.30. The van der Waals surface area contributed by atoms with Gasteiger partial charge in [0.2, 0.25) is 0 Å². The zero-order valence-corrected chi connectivity index (χ0v) is 13.6. The van der Waals surface area contributed by atoms with Crippen LogP contribution >= 0.6 is 11.3 Å². The fourth-order valence-corrected chi connectivity index (χ4v) is 4.02. The summed E-state index contributed by atoms with van der Waals surface area (Å²) in [5, 5.41) is 7.47. The molecule has 4 rings (SSSR count). The molecule has 2 aromatic heterocycles. The number of hydrogen-bond acceptors (Lipinski definition) is 4. The Bertz CT molecular complexity index is 688. The molecule has 1 aliphatic carbocycles. The molecule has 6 heteroatoms. The van der Waals surface area contributed by atoms with Crippen molar-refractivity contribution in [1.82, 2.24) is 19.7 Å². The second kappa shape index (κ2) is 5.50. The van der Waals surface area contributed by atoms with Crippen LogP contribution in [0.15, 0.2) is 17.8 Å². The van der Waals surface area contributed by atoms with E-state index in [0.717, 1.165) is 36.5 Å². The fraction of sp³-hybridized carbons (Fsp3) is 0.562. The molecule has 0 radical (unpaired) electrons. The van der Waals surface area contributed by atoms with E-state index in [-0.39, 0.29) is 11.9 Å². The Morgan fingerprint density at radius 3 is 2.95 bits per heavy atom. The summed E-state index contributed by atoms with van der Waals surface area (Å²) >= 11 is 1.64. The molecule has 0 aromatic carbocycles. The molecule has 1 atom stereocenters. The van der Waals surface area contributed by atoms with Crippen molar-refractivity contribution < 1.29 is 4.79 Å². The van der Waals surface area contributed by atoms with E-state index in [1.54, 1.807) is 11.3 Å². The SMILES string of the molecule is Cc1cnn([C@@H]2CCCN(C(=O)c3csc(C4CC4)n3)C2)c1. The summed E-state index contributed by atoms with van der Waals surface area (Å²) in [5.41, 5.74) is 1.79. The van der Waals surface area contributed by atoms with Gasteiger partial charge in [0.15, 0.2) is 0 Å². The van der Waals surface area contributed by atoms with Gasteiger partial charge >= 0.3 is 0 Å². The third kappa shape index (κ3) is 2.67. The van der Waals surface area contributed by atoms with Crippen LogP contribution in [-0.4, -0.2) is 38.7 Å². The average molecular weight is 316 g/mol. The zero-order chi connectivity index (χ0) is 15.1. The molecule has 0 spiro atoms. The van der Waals surface area contributed by atoms with E-state index in [9.17, 15) is 4.79 Å². The smallest absolute Gasteiger partial charge is 0.273 e. The fourth-order valence-electron chi connectivity index (χ4n) is 3.05. The van der Waals surface area contributed by atoms with Gasteiger partial charge in [-0.1, -0.05) is 0 Å². The van der Waals surface area contributed by atoms with Gasteiger partial charge < -0.3 is 4.90 Å². The number of aromatic nitrogens is 3. The van der Waals surface area contributed by atoms with Crippen LogP contribution < -0.4 is 0 Å². The molecule has 116 valence electrons. The number of likely N-dealkylation sites (tertiary alicyclic amines) is 1. The molecule has 22 heavy (non-hydrogen) atoms. The summed E-state index contributed by atoms with van der Waals surface area (Å²) < 4.78 is 2.01. The summed E-state index contributed by atoms with van der Waals surface area (Å²) in [6.07, 6.45) is 8.50. The topological polar surface area (TPSA) is 51.0 Å². The summed E-state index contributed by atoms with van der Waals surface area (Å²) in [6, 6.07) is 0.285. The number of amides is 1. The van der Waals surface area contributed by atoms with E-state index in [1.807, 2.05) is 28.1 Å². The molecule has 1 aliphatic heterocycles. The number of hydrogen-bond donors (Lipinski definition) is 0. The van der Waals surface area contributed by atoms with Crippen molar-refractivity contribution in [3.05, 3.63) is 34.0 Å². The normalized spacial score (nSPS) is 22.0. The summed E-state index contributed by atoms with van der Waals surface area (Å²) in [6.45, 7) is 3.60. The lowest BCUT2D eigenvalue weighted by molar-refractivity contribution is 0.0667. The molecule has 3 heterocycles. The lowest BCUT2D eigenvalue weighted by Crippen LogP contribution is -2.41. The summed E-state index contributed by atoms with van der Waals surface area (Å²) in [4.78, 5) is 19.2. The van der Waals surface area contributed by atoms with Crippen LogP contribution in [0.3, 0.4) is 0 Å². The number of piperidine rings is 1. The van der Waals surface area contributed by atoms with Crippen molar-refractivity contribution in [2.24, 2.45) is 0 Å². The molecular formula is C16H20N4OS. The first-order chi connectivity index (χ1) is 10.7. The maximum Gasteiger partial charge on any atom is 0.273 e. The Labute approximate surface area is 134 Å². The molecule has 1 saturated carbocycles. The minimum Gasteiger partial charge on any atom is -0.335 e. The molecular weight excluding hydrogens is 296 g/mol. The van der Waals surface area contributed by atoms with E-state index in [1.165, 1.54) is 12.8 Å². The van der Waals surface area contributed by atoms with E-state index >= 15 is 0 Å². The number of carbonyl (C=O) groups excluding carboxylic acids is 1. The molecule has 2 aromatic rings. The van der Waals surface area contributed by atoms with Gasteiger partial charge in [0.25, 0.3) is 5.91 Å². The predicted octanol–water partition coefficient (Wildman–Crippen LogP) is 3.00. The number of aryl methyl sites for hydroxylation is 1. The first-order valence-electron chi connectivity index (χ1n) is 7.96. The van der Waals surface area contributed by atoms with Crippen molar-refractivity contribution in [1.29, 1.82) is 0 Å². The largest absolute Gasteiger partial charge is 0.335 e. The van der Waals surface area contributed by atoms with Crippen molar-refractivity contribution in [2.45, 2.75) is 44.6 Å². The average Bonchev–Trinajstić information content (AvgIpc) is 3.10. The molecule has 0 bridgehead atoms. The highest BCUT2D eigenvalue weighted by molar-refractivity contribution is 7.10. The van der Waals surface area contributed by atoms with Crippen molar-refractivity contribution >= 4 is 17.2 Å². The first kappa shape index (κ1) is 13.9. The molecule has 2 aliphatic rings. The molecule has 1 saturated heterocycles. The monoisotopic (exact) mass is 316 g/mol. The highest BCUT2D eigenvalue weighted by atomic mass is 32.1. The van der Waals surface area contributed by atoms with Gasteiger partial charge in [-0.05, 0) is 38.2 Å². The van der Waals surface area contributed by atoms with Crippen molar-refractivity contribution in [3.8, 4) is 0 Å². The van der Waals surface area contributed by atoms with E-state index in [4.69, 9.17) is 0 Å². The second-order valence-electron chi connectivity index (χ2n) is 6.39. The lowest BCUT2D eigenvalue weighted by atomic mass is 10.1. The van der Waals surface area contributed by atoms with Crippen LogP contribution in [0.5, 0.6) is 0 Å².